The lowest BCUT2D eigenvalue weighted by Crippen LogP contribution is -2.26. The van der Waals surface area contributed by atoms with Gasteiger partial charge in [-0.3, -0.25) is 14.4 Å². The number of thioether (sulfide) groups is 1. The highest BCUT2D eigenvalue weighted by Crippen LogP contribution is 2.29. The number of rotatable bonds is 8. The van der Waals surface area contributed by atoms with E-state index in [2.05, 4.69) is 15.5 Å². The lowest BCUT2D eigenvalue weighted by Gasteiger charge is -2.12. The fraction of sp³-hybridized carbons (Fsp3) is 0.389. The Hall–Kier alpha value is -2.88. The Morgan fingerprint density at radius 3 is 2.75 bits per heavy atom. The molecule has 0 aliphatic carbocycles. The molecule has 0 spiro atoms. The summed E-state index contributed by atoms with van der Waals surface area (Å²) < 4.78 is 10.8. The Morgan fingerprint density at radius 1 is 1.36 bits per heavy atom. The van der Waals surface area contributed by atoms with Gasteiger partial charge in [0.1, 0.15) is 5.25 Å². The van der Waals surface area contributed by atoms with E-state index in [1.54, 1.807) is 32.0 Å². The Balaban J connectivity index is 2.09. The smallest absolute Gasteiger partial charge is 0.313 e. The van der Waals surface area contributed by atoms with Crippen molar-refractivity contribution >= 4 is 41.0 Å². The number of carboxylic acid groups (broad SMARTS) is 1. The number of carbonyl (C=O) groups is 3. The maximum absolute atomic E-state index is 11.8. The molecule has 0 saturated carbocycles. The molecule has 1 aromatic rings. The van der Waals surface area contributed by atoms with Crippen molar-refractivity contribution in [3.05, 3.63) is 23.8 Å². The summed E-state index contributed by atoms with van der Waals surface area (Å²) in [5.41, 5.74) is 0.647. The predicted molar refractivity (Wildman–Crippen MR) is 105 cm³/mol. The maximum atomic E-state index is 11.8. The van der Waals surface area contributed by atoms with Crippen LogP contribution in [0, 0.1) is 5.92 Å². The predicted octanol–water partition coefficient (Wildman–Crippen LogP) is 2.04. The van der Waals surface area contributed by atoms with Crippen molar-refractivity contribution in [2.75, 3.05) is 6.61 Å². The van der Waals surface area contributed by atoms with Crippen LogP contribution >= 0.6 is 11.8 Å². The highest BCUT2D eigenvalue weighted by molar-refractivity contribution is 8.15. The number of hydrogen-bond donors (Lipinski definition) is 2. The van der Waals surface area contributed by atoms with Gasteiger partial charge in [0.05, 0.1) is 25.2 Å². The van der Waals surface area contributed by atoms with Crippen LogP contribution in [-0.4, -0.2) is 46.2 Å². The molecular formula is C18H21N3O6S. The molecule has 1 aromatic carbocycles. The van der Waals surface area contributed by atoms with Gasteiger partial charge in [0.2, 0.25) is 5.91 Å². The van der Waals surface area contributed by atoms with Crippen molar-refractivity contribution in [1.82, 2.24) is 5.32 Å². The van der Waals surface area contributed by atoms with Crippen molar-refractivity contribution in [2.24, 2.45) is 16.1 Å². The van der Waals surface area contributed by atoms with Gasteiger partial charge in [-0.2, -0.15) is 5.10 Å². The number of nitrogens with one attached hydrogen (secondary N) is 1. The summed E-state index contributed by atoms with van der Waals surface area (Å²) in [4.78, 5) is 34.2. The minimum Gasteiger partial charge on any atom is -0.490 e. The third kappa shape index (κ3) is 6.08. The van der Waals surface area contributed by atoms with Gasteiger partial charge in [-0.1, -0.05) is 25.6 Å². The summed E-state index contributed by atoms with van der Waals surface area (Å²) in [5, 5.41) is 18.6. The SMILES string of the molecule is CCOc1cc(C=NN=C2NC(=O)C(CC(=O)O)S2)ccc1OC(=O)C(C)C. The van der Waals surface area contributed by atoms with Crippen LogP contribution < -0.4 is 14.8 Å². The molecule has 1 saturated heterocycles. The fourth-order valence-electron chi connectivity index (χ4n) is 2.08. The number of carboxylic acids is 1. The first-order valence-electron chi connectivity index (χ1n) is 8.59. The van der Waals surface area contributed by atoms with Crippen LogP contribution in [0.5, 0.6) is 11.5 Å². The number of amidine groups is 1. The molecule has 28 heavy (non-hydrogen) atoms. The molecular weight excluding hydrogens is 386 g/mol. The normalized spacial score (nSPS) is 17.9. The fourth-order valence-corrected chi connectivity index (χ4v) is 2.99. The monoisotopic (exact) mass is 407 g/mol. The minimum absolute atomic E-state index is 0.236. The van der Waals surface area contributed by atoms with E-state index in [0.717, 1.165) is 11.8 Å². The number of ether oxygens (including phenoxy) is 2. The van der Waals surface area contributed by atoms with Gasteiger partial charge < -0.3 is 19.9 Å². The topological polar surface area (TPSA) is 127 Å². The standard InChI is InChI=1S/C18H21N3O6S/c1-4-26-13-7-11(5-6-12(13)27-17(25)10(2)3)9-19-21-18-20-16(24)14(28-18)8-15(22)23/h5-7,9-10,14H,4,8H2,1-3H3,(H,22,23)(H,20,21,24). The maximum Gasteiger partial charge on any atom is 0.313 e. The second-order valence-electron chi connectivity index (χ2n) is 6.06. The summed E-state index contributed by atoms with van der Waals surface area (Å²) >= 11 is 1.02. The highest BCUT2D eigenvalue weighted by Gasteiger charge is 2.32. The first kappa shape index (κ1) is 21.4. The number of aliphatic carboxylic acids is 1. The number of esters is 1. The molecule has 1 atom stereocenters. The summed E-state index contributed by atoms with van der Waals surface area (Å²) in [7, 11) is 0. The van der Waals surface area contributed by atoms with Crippen LogP contribution in [0.15, 0.2) is 28.4 Å². The van der Waals surface area contributed by atoms with Crippen molar-refractivity contribution in [1.29, 1.82) is 0 Å². The average Bonchev–Trinajstić information content (AvgIpc) is 2.96. The third-order valence-electron chi connectivity index (χ3n) is 3.44. The zero-order valence-electron chi connectivity index (χ0n) is 15.7. The molecule has 1 aliphatic rings. The molecule has 1 amide bonds. The van der Waals surface area contributed by atoms with Crippen LogP contribution in [0.4, 0.5) is 0 Å². The summed E-state index contributed by atoms with van der Waals surface area (Å²) in [6.07, 6.45) is 1.16. The first-order valence-corrected chi connectivity index (χ1v) is 9.47. The second-order valence-corrected chi connectivity index (χ2v) is 7.25. The number of benzene rings is 1. The molecule has 0 aromatic heterocycles. The molecule has 0 radical (unpaired) electrons. The average molecular weight is 407 g/mol. The molecule has 9 nitrogen and oxygen atoms in total. The molecule has 150 valence electrons. The Labute approximate surface area is 166 Å². The van der Waals surface area contributed by atoms with Crippen molar-refractivity contribution in [3.8, 4) is 11.5 Å². The van der Waals surface area contributed by atoms with Crippen molar-refractivity contribution in [3.63, 3.8) is 0 Å². The second kappa shape index (κ2) is 9.88. The van der Waals surface area contributed by atoms with Gasteiger partial charge in [0.15, 0.2) is 16.7 Å². The quantitative estimate of drug-likeness (QED) is 0.292. The molecule has 10 heteroatoms. The molecule has 1 aliphatic heterocycles. The van der Waals surface area contributed by atoms with Crippen LogP contribution in [0.25, 0.3) is 0 Å². The van der Waals surface area contributed by atoms with E-state index >= 15 is 0 Å². The summed E-state index contributed by atoms with van der Waals surface area (Å²) in [6, 6.07) is 4.95. The Kier molecular flexibility index (Phi) is 7.56. The summed E-state index contributed by atoms with van der Waals surface area (Å²) in [6.45, 7) is 5.69. The third-order valence-corrected chi connectivity index (χ3v) is 4.51. The number of nitrogens with zero attached hydrogens (tertiary/aromatic N) is 2. The Bertz CT molecular complexity index is 822. The first-order chi connectivity index (χ1) is 13.3. The number of hydrogen-bond acceptors (Lipinski definition) is 8. The molecule has 2 rings (SSSR count). The van der Waals surface area contributed by atoms with Crippen molar-refractivity contribution in [2.45, 2.75) is 32.4 Å². The largest absolute Gasteiger partial charge is 0.490 e. The molecule has 1 fully saturated rings. The number of amides is 1. The summed E-state index contributed by atoms with van der Waals surface area (Å²) in [5.74, 6) is -1.37. The minimum atomic E-state index is -1.06. The van der Waals surface area contributed by atoms with E-state index in [1.165, 1.54) is 6.21 Å². The van der Waals surface area contributed by atoms with Crippen molar-refractivity contribution < 1.29 is 29.0 Å². The zero-order chi connectivity index (χ0) is 20.7. The van der Waals surface area contributed by atoms with E-state index in [0.29, 0.717) is 23.7 Å². The number of carbonyl (C=O) groups excluding carboxylic acids is 2. The Morgan fingerprint density at radius 2 is 2.11 bits per heavy atom. The highest BCUT2D eigenvalue weighted by atomic mass is 32.2. The van der Waals surface area contributed by atoms with E-state index in [9.17, 15) is 14.4 Å². The van der Waals surface area contributed by atoms with E-state index < -0.39 is 17.1 Å². The van der Waals surface area contributed by atoms with Gasteiger partial charge in [-0.15, -0.1) is 5.10 Å². The van der Waals surface area contributed by atoms with Crippen LogP contribution in [0.1, 0.15) is 32.8 Å². The van der Waals surface area contributed by atoms with Gasteiger partial charge in [0.25, 0.3) is 0 Å². The van der Waals surface area contributed by atoms with Crippen LogP contribution in [-0.2, 0) is 14.4 Å². The molecule has 1 heterocycles. The molecule has 1 unspecified atom stereocenters. The van der Waals surface area contributed by atoms with E-state index in [-0.39, 0.29) is 23.5 Å². The molecule has 0 bridgehead atoms. The zero-order valence-corrected chi connectivity index (χ0v) is 16.5. The van der Waals surface area contributed by atoms with Gasteiger partial charge in [-0.25, -0.2) is 0 Å². The van der Waals surface area contributed by atoms with E-state index in [4.69, 9.17) is 14.6 Å². The van der Waals surface area contributed by atoms with Crippen LogP contribution in [0.3, 0.4) is 0 Å². The van der Waals surface area contributed by atoms with Gasteiger partial charge in [-0.05, 0) is 30.7 Å². The van der Waals surface area contributed by atoms with Gasteiger partial charge >= 0.3 is 11.9 Å². The van der Waals surface area contributed by atoms with E-state index in [1.807, 2.05) is 6.92 Å². The van der Waals surface area contributed by atoms with Crippen LogP contribution in [0.2, 0.25) is 0 Å². The lowest BCUT2D eigenvalue weighted by molar-refractivity contribution is -0.138. The molecule has 2 N–H and O–H groups in total. The van der Waals surface area contributed by atoms with Gasteiger partial charge in [0, 0.05) is 0 Å². The lowest BCUT2D eigenvalue weighted by atomic mass is 10.2.